The molecule has 0 spiro atoms. The molecule has 34 heavy (non-hydrogen) atoms. The number of rotatable bonds is 2. The summed E-state index contributed by atoms with van der Waals surface area (Å²) in [4.78, 5) is 0. The van der Waals surface area contributed by atoms with Crippen molar-refractivity contribution in [3.8, 4) is 0 Å². The van der Waals surface area contributed by atoms with Gasteiger partial charge in [0.1, 0.15) is 18.7 Å². The van der Waals surface area contributed by atoms with Gasteiger partial charge in [0.2, 0.25) is 0 Å². The van der Waals surface area contributed by atoms with Crippen LogP contribution < -0.4 is 21.6 Å². The second-order valence-electron chi connectivity index (χ2n) is 10.2. The van der Waals surface area contributed by atoms with Gasteiger partial charge in [-0.1, -0.05) is 43.2 Å². The number of fused-ring (bicyclic) bond motifs is 7. The number of nitrogens with one attached hydrogen (secondary N) is 4. The third kappa shape index (κ3) is 5.59. The fraction of sp³-hybridized carbons (Fsp3) is 0.750. The van der Waals surface area contributed by atoms with E-state index in [4.69, 9.17) is 9.47 Å². The molecule has 4 heterocycles. The van der Waals surface area contributed by atoms with Gasteiger partial charge in [-0.15, -0.1) is 0 Å². The Kier molecular flexibility index (Phi) is 7.46. The van der Waals surface area contributed by atoms with E-state index in [1.165, 1.54) is 5.56 Å². The predicted molar refractivity (Wildman–Crippen MR) is 121 cm³/mol. The van der Waals surface area contributed by atoms with Crippen LogP contribution in [-0.2, 0) is 16.0 Å². The van der Waals surface area contributed by atoms with Gasteiger partial charge in [0.15, 0.2) is 0 Å². The van der Waals surface area contributed by atoms with Crippen LogP contribution in [0.15, 0.2) is 30.3 Å². The predicted octanol–water partition coefficient (Wildman–Crippen LogP) is 3.00. The first-order valence-electron chi connectivity index (χ1n) is 12.6. The van der Waals surface area contributed by atoms with E-state index in [0.29, 0.717) is 12.3 Å². The van der Waals surface area contributed by atoms with Crippen LogP contribution in [-0.4, -0.2) is 54.6 Å². The number of alkyl halides is 3. The van der Waals surface area contributed by atoms with Gasteiger partial charge in [-0.2, -0.15) is 13.2 Å². The summed E-state index contributed by atoms with van der Waals surface area (Å²) in [5.41, 5.74) is 11.4. The number of piperidine rings is 1. The number of halogens is 3. The number of nitrogens with zero attached hydrogens (tertiary/aromatic N) is 1. The summed E-state index contributed by atoms with van der Waals surface area (Å²) < 4.78 is 53.3. The minimum absolute atomic E-state index is 0.0277. The van der Waals surface area contributed by atoms with Crippen molar-refractivity contribution in [2.45, 2.75) is 95.0 Å². The summed E-state index contributed by atoms with van der Waals surface area (Å²) in [5, 5.41) is 5.38. The van der Waals surface area contributed by atoms with E-state index in [1.54, 1.807) is 0 Å². The lowest BCUT2D eigenvalue weighted by Crippen LogP contribution is -2.59. The van der Waals surface area contributed by atoms with Crippen molar-refractivity contribution < 1.29 is 22.6 Å². The largest absolute Gasteiger partial charge is 0.395 e. The standard InChI is InChI=1S/C24H36F3N5O2/c1-15-7-5-6-10-17-14-32(13-16-8-3-2-4-9-16)31-20(17)23-30-29-22(34-23)19-12-11-18(24(25,26)27)21(28-19)33-15/h2-4,8-9,15,17-23,28-31H,5-7,10-14H2,1H3/t15-,17?,18?,19?,20?,21?,22?,23?/m1/s1. The molecule has 7 nitrogen and oxygen atoms in total. The van der Waals surface area contributed by atoms with E-state index in [0.717, 1.165) is 38.8 Å². The molecular formula is C24H36F3N5O2. The fourth-order valence-corrected chi connectivity index (χ4v) is 5.81. The van der Waals surface area contributed by atoms with Gasteiger partial charge in [-0.3, -0.25) is 5.32 Å². The van der Waals surface area contributed by atoms with Gasteiger partial charge in [0, 0.05) is 13.1 Å². The van der Waals surface area contributed by atoms with E-state index in [1.807, 2.05) is 13.0 Å². The Morgan fingerprint density at radius 2 is 1.71 bits per heavy atom. The molecule has 4 saturated heterocycles. The highest BCUT2D eigenvalue weighted by Gasteiger charge is 2.51. The highest BCUT2D eigenvalue weighted by atomic mass is 19.4. The molecule has 4 aliphatic heterocycles. The third-order valence-electron chi connectivity index (χ3n) is 7.63. The molecule has 7 unspecified atom stereocenters. The average molecular weight is 484 g/mol. The first-order chi connectivity index (χ1) is 16.4. The van der Waals surface area contributed by atoms with Crippen molar-refractivity contribution in [1.29, 1.82) is 0 Å². The van der Waals surface area contributed by atoms with E-state index < -0.39 is 24.6 Å². The Bertz CT molecular complexity index is 801. The molecule has 0 aliphatic carbocycles. The quantitative estimate of drug-likeness (QED) is 0.516. The molecular weight excluding hydrogens is 447 g/mol. The Morgan fingerprint density at radius 3 is 2.50 bits per heavy atom. The number of hydrogen-bond donors (Lipinski definition) is 4. The molecule has 0 radical (unpaired) electrons. The van der Waals surface area contributed by atoms with Gasteiger partial charge in [0.25, 0.3) is 0 Å². The smallest absolute Gasteiger partial charge is 0.360 e. The molecule has 0 saturated carbocycles. The van der Waals surface area contributed by atoms with E-state index >= 15 is 0 Å². The van der Waals surface area contributed by atoms with Gasteiger partial charge < -0.3 is 9.47 Å². The molecule has 10 heteroatoms. The monoisotopic (exact) mass is 483 g/mol. The Morgan fingerprint density at radius 1 is 0.941 bits per heavy atom. The van der Waals surface area contributed by atoms with Crippen LogP contribution >= 0.6 is 0 Å². The summed E-state index contributed by atoms with van der Waals surface area (Å²) in [7, 11) is 0. The molecule has 1 aromatic carbocycles. The van der Waals surface area contributed by atoms with Gasteiger partial charge in [-0.05, 0) is 44.1 Å². The Hall–Kier alpha value is -1.27. The SMILES string of the molecule is C[C@@H]1CCCCC2CN(Cc3ccccc3)NC2C2NNC(O2)C2CCC(C(F)(F)F)C(N2)O1. The summed E-state index contributed by atoms with van der Waals surface area (Å²) in [5.74, 6) is -1.10. The van der Waals surface area contributed by atoms with Crippen LogP contribution in [0.3, 0.4) is 0 Å². The van der Waals surface area contributed by atoms with Crippen LogP contribution in [0.25, 0.3) is 0 Å². The van der Waals surface area contributed by atoms with Crippen molar-refractivity contribution in [1.82, 2.24) is 26.6 Å². The van der Waals surface area contributed by atoms with Crippen LogP contribution in [0.5, 0.6) is 0 Å². The lowest BCUT2D eigenvalue weighted by atomic mass is 9.91. The molecule has 4 fully saturated rings. The highest BCUT2D eigenvalue weighted by molar-refractivity contribution is 5.14. The van der Waals surface area contributed by atoms with E-state index in [-0.39, 0.29) is 30.8 Å². The molecule has 8 atom stereocenters. The van der Waals surface area contributed by atoms with Gasteiger partial charge in [0.05, 0.1) is 24.1 Å². The molecule has 4 N–H and O–H groups in total. The van der Waals surface area contributed by atoms with Crippen molar-refractivity contribution in [3.05, 3.63) is 35.9 Å². The Balaban J connectivity index is 1.30. The minimum Gasteiger partial charge on any atom is -0.360 e. The molecule has 5 rings (SSSR count). The van der Waals surface area contributed by atoms with E-state index in [2.05, 4.69) is 50.9 Å². The fourth-order valence-electron chi connectivity index (χ4n) is 5.81. The first-order valence-corrected chi connectivity index (χ1v) is 12.6. The highest BCUT2D eigenvalue weighted by Crippen LogP contribution is 2.38. The number of benzene rings is 1. The summed E-state index contributed by atoms with van der Waals surface area (Å²) in [6.07, 6.45) is -2.16. The second kappa shape index (κ2) is 10.4. The summed E-state index contributed by atoms with van der Waals surface area (Å²) >= 11 is 0. The molecule has 4 bridgehead atoms. The van der Waals surface area contributed by atoms with Crippen LogP contribution in [0, 0.1) is 11.8 Å². The topological polar surface area (TPSA) is 69.8 Å². The zero-order chi connectivity index (χ0) is 23.7. The van der Waals surface area contributed by atoms with Crippen LogP contribution in [0.2, 0.25) is 0 Å². The summed E-state index contributed by atoms with van der Waals surface area (Å²) in [6.45, 7) is 3.62. The number of ether oxygens (including phenoxy) is 2. The zero-order valence-corrected chi connectivity index (χ0v) is 19.6. The van der Waals surface area contributed by atoms with E-state index in [9.17, 15) is 13.2 Å². The third-order valence-corrected chi connectivity index (χ3v) is 7.63. The van der Waals surface area contributed by atoms with Gasteiger partial charge >= 0.3 is 6.18 Å². The maximum Gasteiger partial charge on any atom is 0.395 e. The lowest BCUT2D eigenvalue weighted by molar-refractivity contribution is -0.233. The van der Waals surface area contributed by atoms with Crippen molar-refractivity contribution in [3.63, 3.8) is 0 Å². The maximum atomic E-state index is 13.7. The second-order valence-corrected chi connectivity index (χ2v) is 10.2. The first kappa shape index (κ1) is 24.4. The molecule has 0 aromatic heterocycles. The Labute approximate surface area is 199 Å². The lowest BCUT2D eigenvalue weighted by Gasteiger charge is -2.41. The average Bonchev–Trinajstić information content (AvgIpc) is 3.43. The number of hydrogen-bond acceptors (Lipinski definition) is 7. The number of hydrazine groups is 2. The molecule has 0 amide bonds. The zero-order valence-electron chi connectivity index (χ0n) is 19.6. The molecule has 190 valence electrons. The van der Waals surface area contributed by atoms with Crippen LogP contribution in [0.1, 0.15) is 51.0 Å². The molecule has 4 aliphatic rings. The summed E-state index contributed by atoms with van der Waals surface area (Å²) in [6, 6.07) is 10.2. The molecule has 1 aromatic rings. The normalized spacial score (nSPS) is 40.0. The maximum absolute atomic E-state index is 13.7. The van der Waals surface area contributed by atoms with Gasteiger partial charge in [-0.25, -0.2) is 21.3 Å². The van der Waals surface area contributed by atoms with Crippen molar-refractivity contribution in [2.24, 2.45) is 11.8 Å². The van der Waals surface area contributed by atoms with Crippen molar-refractivity contribution >= 4 is 0 Å². The van der Waals surface area contributed by atoms with Crippen molar-refractivity contribution in [2.75, 3.05) is 6.54 Å². The van der Waals surface area contributed by atoms with Crippen LogP contribution in [0.4, 0.5) is 13.2 Å². The minimum atomic E-state index is -4.29.